The van der Waals surface area contributed by atoms with Gasteiger partial charge in [-0.25, -0.2) is 0 Å². The molecule has 1 N–H and O–H groups in total. The van der Waals surface area contributed by atoms with Crippen LogP contribution < -0.4 is 5.32 Å². The summed E-state index contributed by atoms with van der Waals surface area (Å²) in [7, 11) is 0. The van der Waals surface area contributed by atoms with E-state index in [9.17, 15) is 0 Å². The Balaban J connectivity index is 3.82. The lowest BCUT2D eigenvalue weighted by atomic mass is 10.1. The third-order valence-electron chi connectivity index (χ3n) is 2.92. The van der Waals surface area contributed by atoms with Gasteiger partial charge in [0, 0.05) is 18.6 Å². The average Bonchev–Trinajstić information content (AvgIpc) is 2.20. The van der Waals surface area contributed by atoms with Crippen LogP contribution in [0.4, 0.5) is 0 Å². The van der Waals surface area contributed by atoms with Crippen LogP contribution in [-0.2, 0) is 0 Å². The average molecular weight is 228 g/mol. The molecule has 0 heterocycles. The van der Waals surface area contributed by atoms with Crippen molar-refractivity contribution in [3.8, 4) is 0 Å². The molecule has 0 aliphatic carbocycles. The van der Waals surface area contributed by atoms with Gasteiger partial charge in [0.15, 0.2) is 0 Å². The first-order valence-corrected chi connectivity index (χ1v) is 6.94. The molecule has 0 aliphatic heterocycles. The third kappa shape index (κ3) is 8.12. The van der Waals surface area contributed by atoms with Crippen LogP contribution >= 0.6 is 0 Å². The molecular formula is C14H32N2. The van der Waals surface area contributed by atoms with Crippen LogP contribution in [0.25, 0.3) is 0 Å². The summed E-state index contributed by atoms with van der Waals surface area (Å²) in [5.74, 6) is 0.765. The first kappa shape index (κ1) is 15.9. The molecule has 2 nitrogen and oxygen atoms in total. The highest BCUT2D eigenvalue weighted by Crippen LogP contribution is 2.06. The predicted molar refractivity (Wildman–Crippen MR) is 73.9 cm³/mol. The van der Waals surface area contributed by atoms with Gasteiger partial charge in [0.1, 0.15) is 0 Å². The van der Waals surface area contributed by atoms with E-state index in [4.69, 9.17) is 0 Å². The summed E-state index contributed by atoms with van der Waals surface area (Å²) in [5, 5.41) is 3.55. The normalized spacial score (nSPS) is 14.1. The van der Waals surface area contributed by atoms with Crippen LogP contribution in [0, 0.1) is 5.92 Å². The van der Waals surface area contributed by atoms with E-state index in [0.717, 1.165) is 12.5 Å². The number of rotatable bonds is 9. The van der Waals surface area contributed by atoms with Gasteiger partial charge in [0.2, 0.25) is 0 Å². The molecule has 0 rings (SSSR count). The Morgan fingerprint density at radius 2 is 1.69 bits per heavy atom. The zero-order valence-electron chi connectivity index (χ0n) is 12.2. The Kier molecular flexibility index (Phi) is 8.96. The van der Waals surface area contributed by atoms with Crippen LogP contribution in [0.15, 0.2) is 0 Å². The van der Waals surface area contributed by atoms with E-state index in [2.05, 4.69) is 51.8 Å². The van der Waals surface area contributed by atoms with Crippen molar-refractivity contribution in [1.29, 1.82) is 0 Å². The van der Waals surface area contributed by atoms with Gasteiger partial charge < -0.3 is 10.2 Å². The van der Waals surface area contributed by atoms with E-state index in [1.807, 2.05) is 0 Å². The molecule has 0 radical (unpaired) electrons. The van der Waals surface area contributed by atoms with Crippen molar-refractivity contribution in [1.82, 2.24) is 10.2 Å². The van der Waals surface area contributed by atoms with E-state index in [1.165, 1.54) is 25.9 Å². The van der Waals surface area contributed by atoms with E-state index in [0.29, 0.717) is 12.1 Å². The van der Waals surface area contributed by atoms with Gasteiger partial charge in [-0.15, -0.1) is 0 Å². The minimum Gasteiger partial charge on any atom is -0.314 e. The Morgan fingerprint density at radius 3 is 2.12 bits per heavy atom. The largest absolute Gasteiger partial charge is 0.314 e. The van der Waals surface area contributed by atoms with E-state index >= 15 is 0 Å². The maximum Gasteiger partial charge on any atom is 0.00509 e. The predicted octanol–water partition coefficient (Wildman–Crippen LogP) is 3.13. The molecule has 0 aromatic heterocycles. The second-order valence-corrected chi connectivity index (χ2v) is 5.63. The van der Waals surface area contributed by atoms with Gasteiger partial charge in [-0.2, -0.15) is 0 Å². The lowest BCUT2D eigenvalue weighted by Gasteiger charge is -2.29. The molecule has 0 saturated heterocycles. The lowest BCUT2D eigenvalue weighted by molar-refractivity contribution is 0.189. The molecule has 0 aliphatic rings. The Bertz CT molecular complexity index is 155. The molecule has 0 spiro atoms. The van der Waals surface area contributed by atoms with Gasteiger partial charge in [0.25, 0.3) is 0 Å². The number of hydrogen-bond donors (Lipinski definition) is 1. The summed E-state index contributed by atoms with van der Waals surface area (Å²) in [6.45, 7) is 17.3. The zero-order valence-corrected chi connectivity index (χ0v) is 12.2. The summed E-state index contributed by atoms with van der Waals surface area (Å²) in [5.41, 5.74) is 0. The molecule has 0 bridgehead atoms. The van der Waals surface area contributed by atoms with E-state index in [-0.39, 0.29) is 0 Å². The number of hydrogen-bond acceptors (Lipinski definition) is 2. The first-order valence-electron chi connectivity index (χ1n) is 6.94. The van der Waals surface area contributed by atoms with Crippen LogP contribution in [0.5, 0.6) is 0 Å². The fourth-order valence-electron chi connectivity index (χ4n) is 1.88. The molecule has 1 unspecified atom stereocenters. The summed E-state index contributed by atoms with van der Waals surface area (Å²) < 4.78 is 0. The molecule has 16 heavy (non-hydrogen) atoms. The summed E-state index contributed by atoms with van der Waals surface area (Å²) >= 11 is 0. The molecule has 0 amide bonds. The maximum absolute atomic E-state index is 3.55. The van der Waals surface area contributed by atoms with Gasteiger partial charge >= 0.3 is 0 Å². The van der Waals surface area contributed by atoms with Gasteiger partial charge in [-0.1, -0.05) is 20.8 Å². The fraction of sp³-hybridized carbons (Fsp3) is 1.00. The molecule has 1 atom stereocenters. The standard InChI is InChI=1S/C14H32N2/c1-7-9-15-14(6)8-10-16(13(4)5)11-12(2)3/h12-15H,7-11H2,1-6H3. The summed E-state index contributed by atoms with van der Waals surface area (Å²) in [6, 6.07) is 1.31. The van der Waals surface area contributed by atoms with Crippen molar-refractivity contribution >= 4 is 0 Å². The van der Waals surface area contributed by atoms with Crippen molar-refractivity contribution in [2.75, 3.05) is 19.6 Å². The summed E-state index contributed by atoms with van der Waals surface area (Å²) in [6.07, 6.45) is 2.48. The van der Waals surface area contributed by atoms with Crippen molar-refractivity contribution < 1.29 is 0 Å². The van der Waals surface area contributed by atoms with Gasteiger partial charge in [-0.05, 0) is 52.6 Å². The second kappa shape index (κ2) is 9.00. The number of nitrogens with one attached hydrogen (secondary N) is 1. The molecule has 0 fully saturated rings. The van der Waals surface area contributed by atoms with E-state index in [1.54, 1.807) is 0 Å². The Labute approximate surface area is 103 Å². The van der Waals surface area contributed by atoms with Crippen LogP contribution in [0.2, 0.25) is 0 Å². The Morgan fingerprint density at radius 1 is 1.06 bits per heavy atom. The van der Waals surface area contributed by atoms with Gasteiger partial charge in [0.05, 0.1) is 0 Å². The summed E-state index contributed by atoms with van der Waals surface area (Å²) in [4.78, 5) is 2.59. The SMILES string of the molecule is CCCNC(C)CCN(CC(C)C)C(C)C. The maximum atomic E-state index is 3.55. The van der Waals surface area contributed by atoms with Crippen molar-refractivity contribution in [3.05, 3.63) is 0 Å². The molecule has 0 aromatic carbocycles. The van der Waals surface area contributed by atoms with Gasteiger partial charge in [-0.3, -0.25) is 0 Å². The minimum atomic E-state index is 0.647. The lowest BCUT2D eigenvalue weighted by Crippen LogP contribution is -2.38. The second-order valence-electron chi connectivity index (χ2n) is 5.63. The molecular weight excluding hydrogens is 196 g/mol. The highest BCUT2D eigenvalue weighted by Gasteiger charge is 2.12. The molecule has 0 saturated carbocycles. The third-order valence-corrected chi connectivity index (χ3v) is 2.92. The Hall–Kier alpha value is -0.0800. The highest BCUT2D eigenvalue weighted by atomic mass is 15.1. The monoisotopic (exact) mass is 228 g/mol. The van der Waals surface area contributed by atoms with Crippen molar-refractivity contribution in [2.45, 2.75) is 66.5 Å². The fourth-order valence-corrected chi connectivity index (χ4v) is 1.88. The smallest absolute Gasteiger partial charge is 0.00509 e. The molecule has 2 heteroatoms. The molecule has 0 aromatic rings. The minimum absolute atomic E-state index is 0.647. The number of nitrogens with zero attached hydrogens (tertiary/aromatic N) is 1. The first-order chi connectivity index (χ1) is 7.47. The van der Waals surface area contributed by atoms with Crippen LogP contribution in [-0.4, -0.2) is 36.6 Å². The highest BCUT2D eigenvalue weighted by molar-refractivity contribution is 4.69. The van der Waals surface area contributed by atoms with E-state index < -0.39 is 0 Å². The zero-order chi connectivity index (χ0) is 12.6. The quantitative estimate of drug-likeness (QED) is 0.652. The topological polar surface area (TPSA) is 15.3 Å². The van der Waals surface area contributed by atoms with Crippen molar-refractivity contribution in [3.63, 3.8) is 0 Å². The molecule has 98 valence electrons. The van der Waals surface area contributed by atoms with Crippen LogP contribution in [0.1, 0.15) is 54.4 Å². The van der Waals surface area contributed by atoms with Crippen molar-refractivity contribution in [2.24, 2.45) is 5.92 Å². The van der Waals surface area contributed by atoms with Crippen LogP contribution in [0.3, 0.4) is 0 Å².